The number of ketones is 1. The molecule has 0 aliphatic carbocycles. The van der Waals surface area contributed by atoms with Crippen LogP contribution < -0.4 is 0 Å². The molecule has 96 valence electrons. The SMILES string of the molecule is CC(=O)c1cc(O)ccc1N=Nc1ccc(Cl)cc1. The van der Waals surface area contributed by atoms with Gasteiger partial charge >= 0.3 is 0 Å². The topological polar surface area (TPSA) is 62.0 Å². The van der Waals surface area contributed by atoms with E-state index < -0.39 is 0 Å². The first-order valence-corrected chi connectivity index (χ1v) is 5.95. The van der Waals surface area contributed by atoms with Gasteiger partial charge in [0.1, 0.15) is 5.75 Å². The molecule has 0 heterocycles. The van der Waals surface area contributed by atoms with E-state index in [4.69, 9.17) is 11.6 Å². The number of carbonyl (C=O) groups excluding carboxylic acids is 1. The molecule has 0 aliphatic heterocycles. The summed E-state index contributed by atoms with van der Waals surface area (Å²) in [6.07, 6.45) is 0. The van der Waals surface area contributed by atoms with E-state index in [1.54, 1.807) is 30.3 Å². The van der Waals surface area contributed by atoms with Gasteiger partial charge in [0.05, 0.1) is 11.4 Å². The van der Waals surface area contributed by atoms with Crippen LogP contribution in [0.15, 0.2) is 52.7 Å². The highest BCUT2D eigenvalue weighted by Crippen LogP contribution is 2.26. The lowest BCUT2D eigenvalue weighted by molar-refractivity contribution is 0.101. The second-order valence-corrected chi connectivity index (χ2v) is 4.37. The molecule has 0 radical (unpaired) electrons. The van der Waals surface area contributed by atoms with Crippen LogP contribution in [-0.4, -0.2) is 10.9 Å². The molecule has 2 aromatic rings. The van der Waals surface area contributed by atoms with E-state index in [0.29, 0.717) is 22.0 Å². The maximum atomic E-state index is 11.4. The molecular weight excluding hydrogens is 264 g/mol. The molecule has 0 aromatic heterocycles. The lowest BCUT2D eigenvalue weighted by Gasteiger charge is -2.01. The maximum absolute atomic E-state index is 11.4. The van der Waals surface area contributed by atoms with Gasteiger partial charge in [-0.15, -0.1) is 5.11 Å². The minimum absolute atomic E-state index is 0.0237. The molecule has 0 saturated carbocycles. The number of carbonyl (C=O) groups is 1. The lowest BCUT2D eigenvalue weighted by atomic mass is 10.1. The third-order valence-electron chi connectivity index (χ3n) is 2.46. The second kappa shape index (κ2) is 5.63. The molecule has 0 atom stereocenters. The number of aromatic hydroxyl groups is 1. The van der Waals surface area contributed by atoms with E-state index in [9.17, 15) is 9.90 Å². The molecule has 2 rings (SSSR count). The van der Waals surface area contributed by atoms with Gasteiger partial charge in [-0.05, 0) is 49.4 Å². The summed E-state index contributed by atoms with van der Waals surface area (Å²) in [5.41, 5.74) is 1.38. The fraction of sp³-hybridized carbons (Fsp3) is 0.0714. The average Bonchev–Trinajstić information content (AvgIpc) is 2.39. The van der Waals surface area contributed by atoms with Gasteiger partial charge in [-0.25, -0.2) is 0 Å². The quantitative estimate of drug-likeness (QED) is 0.653. The van der Waals surface area contributed by atoms with Crippen molar-refractivity contribution in [2.24, 2.45) is 10.2 Å². The Hall–Kier alpha value is -2.20. The Morgan fingerprint density at radius 2 is 1.79 bits per heavy atom. The van der Waals surface area contributed by atoms with Crippen LogP contribution in [0.5, 0.6) is 5.75 Å². The van der Waals surface area contributed by atoms with Crippen LogP contribution in [0.3, 0.4) is 0 Å². The van der Waals surface area contributed by atoms with Crippen molar-refractivity contribution in [2.45, 2.75) is 6.92 Å². The summed E-state index contributed by atoms with van der Waals surface area (Å²) in [4.78, 5) is 11.4. The van der Waals surface area contributed by atoms with Crippen molar-refractivity contribution >= 4 is 28.8 Å². The smallest absolute Gasteiger partial charge is 0.162 e. The zero-order valence-electron chi connectivity index (χ0n) is 10.2. The highest BCUT2D eigenvalue weighted by Gasteiger charge is 2.07. The lowest BCUT2D eigenvalue weighted by Crippen LogP contribution is -1.91. The summed E-state index contributed by atoms with van der Waals surface area (Å²) < 4.78 is 0. The number of rotatable bonds is 3. The zero-order chi connectivity index (χ0) is 13.8. The Bertz CT molecular complexity index is 636. The summed E-state index contributed by atoms with van der Waals surface area (Å²) in [6, 6.07) is 11.2. The summed E-state index contributed by atoms with van der Waals surface area (Å²) >= 11 is 5.77. The second-order valence-electron chi connectivity index (χ2n) is 3.93. The van der Waals surface area contributed by atoms with Crippen molar-refractivity contribution in [1.29, 1.82) is 0 Å². The minimum atomic E-state index is -0.180. The van der Waals surface area contributed by atoms with Gasteiger partial charge in [-0.2, -0.15) is 5.11 Å². The van der Waals surface area contributed by atoms with Crippen molar-refractivity contribution in [3.8, 4) is 5.75 Å². The van der Waals surface area contributed by atoms with Crippen LogP contribution in [0.1, 0.15) is 17.3 Å². The number of halogens is 1. The standard InChI is InChI=1S/C14H11ClN2O2/c1-9(18)13-8-12(19)6-7-14(13)17-16-11-4-2-10(15)3-5-11/h2-8,19H,1H3. The average molecular weight is 275 g/mol. The van der Waals surface area contributed by atoms with E-state index >= 15 is 0 Å². The van der Waals surface area contributed by atoms with E-state index in [0.717, 1.165) is 0 Å². The number of nitrogens with zero attached hydrogens (tertiary/aromatic N) is 2. The first-order chi connectivity index (χ1) is 9.06. The predicted octanol–water partition coefficient (Wildman–Crippen LogP) is 4.66. The molecule has 0 spiro atoms. The summed E-state index contributed by atoms with van der Waals surface area (Å²) in [6.45, 7) is 1.41. The normalized spacial score (nSPS) is 10.8. The zero-order valence-corrected chi connectivity index (χ0v) is 10.9. The Labute approximate surface area is 115 Å². The van der Waals surface area contributed by atoms with Crippen LogP contribution in [0.25, 0.3) is 0 Å². The van der Waals surface area contributed by atoms with E-state index in [1.807, 2.05) is 0 Å². The molecule has 4 nitrogen and oxygen atoms in total. The molecule has 0 amide bonds. The predicted molar refractivity (Wildman–Crippen MR) is 73.7 cm³/mol. The molecular formula is C14H11ClN2O2. The number of hydrogen-bond donors (Lipinski definition) is 1. The van der Waals surface area contributed by atoms with E-state index in [1.165, 1.54) is 19.1 Å². The fourth-order valence-corrected chi connectivity index (χ4v) is 1.64. The van der Waals surface area contributed by atoms with Crippen molar-refractivity contribution < 1.29 is 9.90 Å². The van der Waals surface area contributed by atoms with Gasteiger partial charge < -0.3 is 5.11 Å². The summed E-state index contributed by atoms with van der Waals surface area (Å²) in [5, 5.41) is 18.0. The van der Waals surface area contributed by atoms with Crippen molar-refractivity contribution in [1.82, 2.24) is 0 Å². The molecule has 2 aromatic carbocycles. The van der Waals surface area contributed by atoms with Crippen LogP contribution in [-0.2, 0) is 0 Å². The summed E-state index contributed by atoms with van der Waals surface area (Å²) in [5.74, 6) is -0.156. The van der Waals surface area contributed by atoms with Gasteiger partial charge in [0.25, 0.3) is 0 Å². The number of hydrogen-bond acceptors (Lipinski definition) is 4. The third kappa shape index (κ3) is 3.39. The number of benzene rings is 2. The van der Waals surface area contributed by atoms with Gasteiger partial charge in [0.15, 0.2) is 5.78 Å². The molecule has 0 bridgehead atoms. The monoisotopic (exact) mass is 274 g/mol. The maximum Gasteiger partial charge on any atom is 0.162 e. The minimum Gasteiger partial charge on any atom is -0.508 e. The van der Waals surface area contributed by atoms with Crippen molar-refractivity contribution in [2.75, 3.05) is 0 Å². The van der Waals surface area contributed by atoms with Crippen LogP contribution in [0, 0.1) is 0 Å². The van der Waals surface area contributed by atoms with E-state index in [2.05, 4.69) is 10.2 Å². The molecule has 19 heavy (non-hydrogen) atoms. The Morgan fingerprint density at radius 1 is 1.11 bits per heavy atom. The van der Waals surface area contributed by atoms with Crippen LogP contribution >= 0.6 is 11.6 Å². The highest BCUT2D eigenvalue weighted by molar-refractivity contribution is 6.30. The van der Waals surface area contributed by atoms with Crippen LogP contribution in [0.2, 0.25) is 5.02 Å². The summed E-state index contributed by atoms with van der Waals surface area (Å²) in [7, 11) is 0. The number of Topliss-reactive ketones (excluding diaryl/α,β-unsaturated/α-hetero) is 1. The molecule has 0 saturated heterocycles. The number of azo groups is 1. The fourth-order valence-electron chi connectivity index (χ4n) is 1.51. The highest BCUT2D eigenvalue weighted by atomic mass is 35.5. The first kappa shape index (κ1) is 13.2. The first-order valence-electron chi connectivity index (χ1n) is 5.57. The van der Waals surface area contributed by atoms with Gasteiger partial charge in [-0.3, -0.25) is 4.79 Å². The molecule has 5 heteroatoms. The molecule has 0 aliphatic rings. The largest absolute Gasteiger partial charge is 0.508 e. The van der Waals surface area contributed by atoms with Crippen molar-refractivity contribution in [3.63, 3.8) is 0 Å². The Morgan fingerprint density at radius 3 is 2.42 bits per heavy atom. The number of phenols is 1. The van der Waals surface area contributed by atoms with E-state index in [-0.39, 0.29) is 11.5 Å². The Balaban J connectivity index is 2.32. The third-order valence-corrected chi connectivity index (χ3v) is 2.71. The van der Waals surface area contributed by atoms with Gasteiger partial charge in [-0.1, -0.05) is 11.6 Å². The number of phenolic OH excluding ortho intramolecular Hbond substituents is 1. The van der Waals surface area contributed by atoms with Gasteiger partial charge in [0.2, 0.25) is 0 Å². The molecule has 0 unspecified atom stereocenters. The van der Waals surface area contributed by atoms with Crippen LogP contribution in [0.4, 0.5) is 11.4 Å². The van der Waals surface area contributed by atoms with Gasteiger partial charge in [0, 0.05) is 10.6 Å². The van der Waals surface area contributed by atoms with Crippen molar-refractivity contribution in [3.05, 3.63) is 53.1 Å². The molecule has 0 fully saturated rings. The Kier molecular flexibility index (Phi) is 3.92. The molecule has 1 N–H and O–H groups in total.